The van der Waals surface area contributed by atoms with Gasteiger partial charge in [-0.3, -0.25) is 0 Å². The van der Waals surface area contributed by atoms with Gasteiger partial charge < -0.3 is 10.1 Å². The van der Waals surface area contributed by atoms with Crippen molar-refractivity contribution in [3.63, 3.8) is 0 Å². The Morgan fingerprint density at radius 2 is 2.10 bits per heavy atom. The predicted octanol–water partition coefficient (Wildman–Crippen LogP) is 4.70. The molecular formula is C16H15BrFNO. The summed E-state index contributed by atoms with van der Waals surface area (Å²) in [5.74, 6) is 0.621. The van der Waals surface area contributed by atoms with E-state index in [1.165, 1.54) is 23.3 Å². The van der Waals surface area contributed by atoms with E-state index in [1.807, 2.05) is 6.07 Å². The number of ether oxygens (including phenoxy) is 1. The second kappa shape index (κ2) is 5.44. The minimum Gasteiger partial charge on any atom is -0.497 e. The molecule has 0 amide bonds. The van der Waals surface area contributed by atoms with Gasteiger partial charge >= 0.3 is 0 Å². The number of aryl methyl sites for hydroxylation is 1. The molecule has 0 radical (unpaired) electrons. The third-order valence-electron chi connectivity index (χ3n) is 3.69. The molecule has 1 aliphatic carbocycles. The van der Waals surface area contributed by atoms with E-state index in [4.69, 9.17) is 4.74 Å². The summed E-state index contributed by atoms with van der Waals surface area (Å²) < 4.78 is 19.5. The molecule has 104 valence electrons. The maximum absolute atomic E-state index is 13.4. The number of hydrogen-bond acceptors (Lipinski definition) is 2. The Balaban J connectivity index is 1.89. The van der Waals surface area contributed by atoms with Crippen LogP contribution in [0.2, 0.25) is 0 Å². The lowest BCUT2D eigenvalue weighted by Crippen LogP contribution is -2.08. The van der Waals surface area contributed by atoms with E-state index in [1.54, 1.807) is 13.2 Å². The van der Waals surface area contributed by atoms with Gasteiger partial charge in [-0.15, -0.1) is 0 Å². The van der Waals surface area contributed by atoms with Gasteiger partial charge in [0.25, 0.3) is 0 Å². The highest BCUT2D eigenvalue weighted by atomic mass is 79.9. The zero-order valence-electron chi connectivity index (χ0n) is 11.1. The maximum atomic E-state index is 13.4. The van der Waals surface area contributed by atoms with Crippen LogP contribution in [0.4, 0.5) is 10.1 Å². The molecule has 3 rings (SSSR count). The van der Waals surface area contributed by atoms with Crippen LogP contribution in [-0.2, 0) is 6.42 Å². The Morgan fingerprint density at radius 1 is 1.25 bits per heavy atom. The van der Waals surface area contributed by atoms with Crippen molar-refractivity contribution in [2.24, 2.45) is 0 Å². The van der Waals surface area contributed by atoms with E-state index in [9.17, 15) is 4.39 Å². The molecule has 0 saturated carbocycles. The summed E-state index contributed by atoms with van der Waals surface area (Å²) >= 11 is 3.45. The zero-order chi connectivity index (χ0) is 14.1. The number of halogens is 2. The highest BCUT2D eigenvalue weighted by Gasteiger charge is 2.23. The molecule has 0 aliphatic heterocycles. The molecule has 1 atom stereocenters. The van der Waals surface area contributed by atoms with E-state index in [-0.39, 0.29) is 11.9 Å². The molecule has 0 bridgehead atoms. The van der Waals surface area contributed by atoms with Crippen molar-refractivity contribution in [3.8, 4) is 5.75 Å². The summed E-state index contributed by atoms with van der Waals surface area (Å²) in [6, 6.07) is 11.0. The van der Waals surface area contributed by atoms with Gasteiger partial charge in [0.2, 0.25) is 0 Å². The zero-order valence-corrected chi connectivity index (χ0v) is 12.7. The molecule has 0 spiro atoms. The molecule has 4 heteroatoms. The molecule has 2 aromatic rings. The second-order valence-electron chi connectivity index (χ2n) is 4.92. The molecule has 2 aromatic carbocycles. The summed E-state index contributed by atoms with van der Waals surface area (Å²) in [7, 11) is 1.67. The summed E-state index contributed by atoms with van der Waals surface area (Å²) in [6.45, 7) is 0. The number of nitrogens with one attached hydrogen (secondary N) is 1. The lowest BCUT2D eigenvalue weighted by atomic mass is 10.1. The van der Waals surface area contributed by atoms with Crippen molar-refractivity contribution < 1.29 is 9.13 Å². The first-order chi connectivity index (χ1) is 9.67. The number of fused-ring (bicyclic) bond motifs is 1. The Hall–Kier alpha value is -1.55. The lowest BCUT2D eigenvalue weighted by molar-refractivity contribution is 0.414. The topological polar surface area (TPSA) is 21.3 Å². The molecular weight excluding hydrogens is 321 g/mol. The molecule has 20 heavy (non-hydrogen) atoms. The third-order valence-corrected chi connectivity index (χ3v) is 4.38. The minimum absolute atomic E-state index is 0.193. The molecule has 1 N–H and O–H groups in total. The smallest absolute Gasteiger partial charge is 0.125 e. The predicted molar refractivity (Wildman–Crippen MR) is 81.8 cm³/mol. The van der Waals surface area contributed by atoms with Crippen LogP contribution >= 0.6 is 15.9 Å². The van der Waals surface area contributed by atoms with Crippen molar-refractivity contribution in [2.75, 3.05) is 12.4 Å². The largest absolute Gasteiger partial charge is 0.497 e. The highest BCUT2D eigenvalue weighted by molar-refractivity contribution is 9.10. The van der Waals surface area contributed by atoms with Gasteiger partial charge in [0.05, 0.1) is 18.8 Å². The normalized spacial score (nSPS) is 16.9. The van der Waals surface area contributed by atoms with Crippen molar-refractivity contribution in [1.29, 1.82) is 0 Å². The summed E-state index contributed by atoms with van der Waals surface area (Å²) in [5, 5.41) is 3.42. The van der Waals surface area contributed by atoms with Crippen LogP contribution in [0, 0.1) is 5.82 Å². The van der Waals surface area contributed by atoms with Crippen LogP contribution in [0.1, 0.15) is 23.6 Å². The van der Waals surface area contributed by atoms with Crippen molar-refractivity contribution in [1.82, 2.24) is 0 Å². The SMILES string of the molecule is COc1ccc2c(c1)C(Nc1cc(F)ccc1Br)CC2. The Bertz CT molecular complexity index is 644. The average molecular weight is 336 g/mol. The van der Waals surface area contributed by atoms with E-state index in [2.05, 4.69) is 33.4 Å². The monoisotopic (exact) mass is 335 g/mol. The number of rotatable bonds is 3. The standard InChI is InChI=1S/C16H15BrFNO/c1-20-12-5-2-10-3-7-15(13(10)9-12)19-16-8-11(18)4-6-14(16)17/h2,4-6,8-9,15,19H,3,7H2,1H3. The molecule has 1 aliphatic rings. The van der Waals surface area contributed by atoms with Crippen molar-refractivity contribution >= 4 is 21.6 Å². The van der Waals surface area contributed by atoms with E-state index in [0.717, 1.165) is 28.8 Å². The summed E-state index contributed by atoms with van der Waals surface area (Å²) in [6.07, 6.45) is 2.04. The van der Waals surface area contributed by atoms with Crippen molar-refractivity contribution in [3.05, 3.63) is 57.8 Å². The first-order valence-corrected chi connectivity index (χ1v) is 7.35. The van der Waals surface area contributed by atoms with E-state index < -0.39 is 0 Å². The van der Waals surface area contributed by atoms with Crippen LogP contribution in [0.15, 0.2) is 40.9 Å². The van der Waals surface area contributed by atoms with Gasteiger partial charge in [-0.25, -0.2) is 4.39 Å². The van der Waals surface area contributed by atoms with Gasteiger partial charge in [0.1, 0.15) is 11.6 Å². The van der Waals surface area contributed by atoms with E-state index >= 15 is 0 Å². The summed E-state index contributed by atoms with van der Waals surface area (Å²) in [4.78, 5) is 0. The minimum atomic E-state index is -0.237. The fraction of sp³-hybridized carbons (Fsp3) is 0.250. The number of benzene rings is 2. The van der Waals surface area contributed by atoms with Gasteiger partial charge in [-0.1, -0.05) is 6.07 Å². The maximum Gasteiger partial charge on any atom is 0.125 e. The van der Waals surface area contributed by atoms with Crippen molar-refractivity contribution in [2.45, 2.75) is 18.9 Å². The molecule has 1 unspecified atom stereocenters. The molecule has 2 nitrogen and oxygen atoms in total. The molecule has 0 aromatic heterocycles. The first-order valence-electron chi connectivity index (χ1n) is 6.56. The van der Waals surface area contributed by atoms with Crippen LogP contribution in [-0.4, -0.2) is 7.11 Å². The second-order valence-corrected chi connectivity index (χ2v) is 5.78. The number of anilines is 1. The number of methoxy groups -OCH3 is 1. The summed E-state index contributed by atoms with van der Waals surface area (Å²) in [5.41, 5.74) is 3.35. The lowest BCUT2D eigenvalue weighted by Gasteiger charge is -2.17. The van der Waals surface area contributed by atoms with Crippen LogP contribution in [0.3, 0.4) is 0 Å². The molecule has 0 fully saturated rings. The van der Waals surface area contributed by atoms with Crippen LogP contribution in [0.25, 0.3) is 0 Å². The molecule has 0 saturated heterocycles. The Kier molecular flexibility index (Phi) is 3.66. The van der Waals surface area contributed by atoms with E-state index in [0.29, 0.717) is 0 Å². The third kappa shape index (κ3) is 2.52. The Morgan fingerprint density at radius 3 is 2.90 bits per heavy atom. The number of hydrogen-bond donors (Lipinski definition) is 1. The first kappa shape index (κ1) is 13.4. The Labute approximate surface area is 126 Å². The van der Waals surface area contributed by atoms with Gasteiger partial charge in [-0.2, -0.15) is 0 Å². The van der Waals surface area contributed by atoms with Gasteiger partial charge in [0.15, 0.2) is 0 Å². The van der Waals surface area contributed by atoms with Crippen LogP contribution in [0.5, 0.6) is 5.75 Å². The van der Waals surface area contributed by atoms with Gasteiger partial charge in [-0.05, 0) is 70.2 Å². The fourth-order valence-electron chi connectivity index (χ4n) is 2.65. The highest BCUT2D eigenvalue weighted by Crippen LogP contribution is 2.37. The fourth-order valence-corrected chi connectivity index (χ4v) is 3.01. The quantitative estimate of drug-likeness (QED) is 0.877. The van der Waals surface area contributed by atoms with Gasteiger partial charge in [0, 0.05) is 4.47 Å². The average Bonchev–Trinajstić information content (AvgIpc) is 2.85. The molecule has 0 heterocycles. The van der Waals surface area contributed by atoms with Crippen LogP contribution < -0.4 is 10.1 Å².